The highest BCUT2D eigenvalue weighted by molar-refractivity contribution is 7.21. The smallest absolute Gasteiger partial charge is 0.341 e. The topological polar surface area (TPSA) is 52.1 Å². The molecular weight excluding hydrogens is 296 g/mol. The van der Waals surface area contributed by atoms with Crippen LogP contribution >= 0.6 is 22.9 Å². The lowest BCUT2D eigenvalue weighted by atomic mass is 10.2. The largest absolute Gasteiger partial charge is 0.465 e. The molecule has 20 heavy (non-hydrogen) atoms. The zero-order valence-corrected chi connectivity index (χ0v) is 12.0. The lowest BCUT2D eigenvalue weighted by Crippen LogP contribution is -2.02. The van der Waals surface area contributed by atoms with Crippen molar-refractivity contribution in [2.45, 2.75) is 0 Å². The predicted molar refractivity (Wildman–Crippen MR) is 79.2 cm³/mol. The van der Waals surface area contributed by atoms with Crippen LogP contribution in [0, 0.1) is 0 Å². The third-order valence-corrected chi connectivity index (χ3v) is 4.19. The van der Waals surface area contributed by atoms with Gasteiger partial charge in [-0.25, -0.2) is 14.8 Å². The maximum atomic E-state index is 11.6. The van der Waals surface area contributed by atoms with Crippen molar-refractivity contribution in [3.05, 3.63) is 47.1 Å². The Bertz CT molecular complexity index is 786. The Morgan fingerprint density at radius 2 is 2.05 bits per heavy atom. The van der Waals surface area contributed by atoms with Crippen LogP contribution in [0.15, 0.2) is 36.5 Å². The fraction of sp³-hybridized carbons (Fsp3) is 0.0714. The number of fused-ring (bicyclic) bond motifs is 1. The van der Waals surface area contributed by atoms with Gasteiger partial charge in [0.2, 0.25) is 0 Å². The molecule has 0 aliphatic carbocycles. The van der Waals surface area contributed by atoms with Crippen molar-refractivity contribution in [3.63, 3.8) is 0 Å². The van der Waals surface area contributed by atoms with E-state index in [-0.39, 0.29) is 10.6 Å². The summed E-state index contributed by atoms with van der Waals surface area (Å²) in [6.45, 7) is 0. The molecule has 0 unspecified atom stereocenters. The molecule has 100 valence electrons. The van der Waals surface area contributed by atoms with Gasteiger partial charge in [0.15, 0.2) is 0 Å². The summed E-state index contributed by atoms with van der Waals surface area (Å²) >= 11 is 7.65. The van der Waals surface area contributed by atoms with Crippen molar-refractivity contribution in [1.82, 2.24) is 9.97 Å². The van der Waals surface area contributed by atoms with E-state index in [1.807, 2.05) is 30.3 Å². The first-order chi connectivity index (χ1) is 9.70. The molecule has 0 amide bonds. The summed E-state index contributed by atoms with van der Waals surface area (Å²) in [7, 11) is 1.30. The number of carbonyl (C=O) groups excluding carboxylic acids is 1. The Morgan fingerprint density at radius 1 is 1.30 bits per heavy atom. The summed E-state index contributed by atoms with van der Waals surface area (Å²) in [4.78, 5) is 21.0. The van der Waals surface area contributed by atoms with Gasteiger partial charge in [-0.2, -0.15) is 0 Å². The Labute approximate surface area is 124 Å². The summed E-state index contributed by atoms with van der Waals surface area (Å²) < 4.78 is 4.67. The van der Waals surface area contributed by atoms with Crippen molar-refractivity contribution in [2.24, 2.45) is 0 Å². The molecule has 1 aromatic carbocycles. The van der Waals surface area contributed by atoms with E-state index in [9.17, 15) is 4.79 Å². The van der Waals surface area contributed by atoms with Gasteiger partial charge in [0.1, 0.15) is 15.4 Å². The minimum atomic E-state index is -0.515. The molecule has 0 saturated carbocycles. The van der Waals surface area contributed by atoms with E-state index < -0.39 is 5.97 Å². The molecular formula is C14H9ClN2O2S. The fourth-order valence-electron chi connectivity index (χ4n) is 1.81. The minimum absolute atomic E-state index is 0.228. The van der Waals surface area contributed by atoms with Crippen LogP contribution in [0.5, 0.6) is 0 Å². The second-order valence-electron chi connectivity index (χ2n) is 4.02. The van der Waals surface area contributed by atoms with Crippen LogP contribution in [-0.4, -0.2) is 23.0 Å². The first-order valence-electron chi connectivity index (χ1n) is 5.79. The van der Waals surface area contributed by atoms with E-state index in [4.69, 9.17) is 11.6 Å². The number of carbonyl (C=O) groups is 1. The molecule has 2 heterocycles. The molecule has 0 bridgehead atoms. The molecule has 4 nitrogen and oxygen atoms in total. The monoisotopic (exact) mass is 304 g/mol. The summed E-state index contributed by atoms with van der Waals surface area (Å²) in [5.74, 6) is -0.515. The van der Waals surface area contributed by atoms with Crippen LogP contribution in [0.4, 0.5) is 0 Å². The third-order valence-electron chi connectivity index (χ3n) is 2.79. The number of halogens is 1. The summed E-state index contributed by atoms with van der Waals surface area (Å²) in [6.07, 6.45) is 1.42. The molecule has 0 atom stereocenters. The maximum absolute atomic E-state index is 11.6. The average molecular weight is 305 g/mol. The van der Waals surface area contributed by atoms with E-state index >= 15 is 0 Å². The molecule has 3 aromatic rings. The van der Waals surface area contributed by atoms with Crippen LogP contribution in [0.2, 0.25) is 5.02 Å². The number of rotatable bonds is 2. The summed E-state index contributed by atoms with van der Waals surface area (Å²) in [5.41, 5.74) is 1.75. The normalized spacial score (nSPS) is 10.7. The zero-order chi connectivity index (χ0) is 14.1. The van der Waals surface area contributed by atoms with Crippen LogP contribution in [0.3, 0.4) is 0 Å². The highest BCUT2D eigenvalue weighted by Crippen LogP contribution is 2.33. The lowest BCUT2D eigenvalue weighted by Gasteiger charge is -2.00. The Hall–Kier alpha value is -1.98. The Kier molecular flexibility index (Phi) is 3.38. The molecule has 0 aliphatic rings. The third kappa shape index (κ3) is 2.15. The van der Waals surface area contributed by atoms with Gasteiger partial charge in [-0.05, 0) is 0 Å². The summed E-state index contributed by atoms with van der Waals surface area (Å²) in [6, 6.07) is 9.75. The second-order valence-corrected chi connectivity index (χ2v) is 5.37. The van der Waals surface area contributed by atoms with E-state index in [0.717, 1.165) is 10.6 Å². The fourth-order valence-corrected chi connectivity index (χ4v) is 3.04. The number of hydrogen-bond donors (Lipinski definition) is 0. The van der Waals surface area contributed by atoms with Crippen LogP contribution in [0.25, 0.3) is 20.9 Å². The molecule has 6 heteroatoms. The van der Waals surface area contributed by atoms with E-state index in [0.29, 0.717) is 10.3 Å². The van der Waals surface area contributed by atoms with Gasteiger partial charge in [-0.1, -0.05) is 53.3 Å². The first kappa shape index (κ1) is 13.0. The number of benzene rings is 1. The van der Waals surface area contributed by atoms with Crippen molar-refractivity contribution < 1.29 is 9.53 Å². The number of thiazole rings is 1. The Balaban J connectivity index is 2.17. The van der Waals surface area contributed by atoms with Gasteiger partial charge in [0, 0.05) is 11.8 Å². The Morgan fingerprint density at radius 3 is 2.75 bits per heavy atom. The van der Waals surface area contributed by atoms with Crippen molar-refractivity contribution in [2.75, 3.05) is 7.11 Å². The molecule has 0 saturated heterocycles. The van der Waals surface area contributed by atoms with Crippen LogP contribution in [-0.2, 0) is 4.74 Å². The first-order valence-corrected chi connectivity index (χ1v) is 6.99. The van der Waals surface area contributed by atoms with Gasteiger partial charge in [-0.15, -0.1) is 0 Å². The molecule has 0 spiro atoms. The number of ether oxygens (including phenoxy) is 1. The van der Waals surface area contributed by atoms with Crippen molar-refractivity contribution in [3.8, 4) is 10.6 Å². The molecule has 3 rings (SSSR count). The lowest BCUT2D eigenvalue weighted by molar-refractivity contribution is 0.0600. The van der Waals surface area contributed by atoms with Gasteiger partial charge in [0.25, 0.3) is 0 Å². The van der Waals surface area contributed by atoms with Gasteiger partial charge in [0.05, 0.1) is 17.7 Å². The van der Waals surface area contributed by atoms with Crippen LogP contribution < -0.4 is 0 Å². The average Bonchev–Trinajstić information content (AvgIpc) is 2.93. The van der Waals surface area contributed by atoms with Gasteiger partial charge >= 0.3 is 5.97 Å². The van der Waals surface area contributed by atoms with E-state index in [1.165, 1.54) is 24.6 Å². The standard InChI is InChI=1S/C14H9ClN2O2S/c1-19-14(18)9-7-16-13-11(10(9)15)17-12(20-13)8-5-3-2-4-6-8/h2-7H,1H3. The number of methoxy groups -OCH3 is 1. The predicted octanol–water partition coefficient (Wildman–Crippen LogP) is 3.80. The SMILES string of the molecule is COC(=O)c1cnc2sc(-c3ccccc3)nc2c1Cl. The number of aromatic nitrogens is 2. The highest BCUT2D eigenvalue weighted by Gasteiger charge is 2.18. The van der Waals surface area contributed by atoms with Crippen molar-refractivity contribution >= 4 is 39.3 Å². The molecule has 2 aromatic heterocycles. The zero-order valence-electron chi connectivity index (χ0n) is 10.5. The number of pyridine rings is 1. The van der Waals surface area contributed by atoms with Gasteiger partial charge in [-0.3, -0.25) is 0 Å². The number of esters is 1. The summed E-state index contributed by atoms with van der Waals surface area (Å²) in [5, 5.41) is 1.09. The molecule has 0 aliphatic heterocycles. The number of nitrogens with zero attached hydrogens (tertiary/aromatic N) is 2. The quantitative estimate of drug-likeness (QED) is 0.676. The van der Waals surface area contributed by atoms with Crippen molar-refractivity contribution in [1.29, 1.82) is 0 Å². The molecule has 0 radical (unpaired) electrons. The molecule has 0 fully saturated rings. The number of hydrogen-bond acceptors (Lipinski definition) is 5. The minimum Gasteiger partial charge on any atom is -0.465 e. The maximum Gasteiger partial charge on any atom is 0.341 e. The van der Waals surface area contributed by atoms with E-state index in [2.05, 4.69) is 14.7 Å². The second kappa shape index (κ2) is 5.19. The van der Waals surface area contributed by atoms with Crippen LogP contribution in [0.1, 0.15) is 10.4 Å². The van der Waals surface area contributed by atoms with Gasteiger partial charge < -0.3 is 4.74 Å². The highest BCUT2D eigenvalue weighted by atomic mass is 35.5. The molecule has 0 N–H and O–H groups in total. The van der Waals surface area contributed by atoms with E-state index in [1.54, 1.807) is 0 Å².